The monoisotopic (exact) mass is 192 g/mol. The van der Waals surface area contributed by atoms with Gasteiger partial charge in [-0.25, -0.2) is 9.97 Å². The van der Waals surface area contributed by atoms with E-state index in [9.17, 15) is 0 Å². The van der Waals surface area contributed by atoms with E-state index >= 15 is 0 Å². The number of fused-ring (bicyclic) bond motifs is 1. The third kappa shape index (κ3) is 1.59. The number of imidazole rings is 1. The fourth-order valence-corrected chi connectivity index (χ4v) is 1.31. The summed E-state index contributed by atoms with van der Waals surface area (Å²) in [5.41, 5.74) is 6.57. The summed E-state index contributed by atoms with van der Waals surface area (Å²) < 4.78 is 1.81. The van der Waals surface area contributed by atoms with E-state index in [1.54, 1.807) is 6.20 Å². The molecule has 2 aromatic heterocycles. The molecule has 0 aliphatic rings. The Balaban J connectivity index is 2.35. The van der Waals surface area contributed by atoms with E-state index < -0.39 is 0 Å². The lowest BCUT2D eigenvalue weighted by Gasteiger charge is -2.04. The SMILES string of the molecule is NC(CCO)c1cn2cccnc2n1. The number of aliphatic hydroxyl groups excluding tert-OH is 1. The Morgan fingerprint density at radius 2 is 2.43 bits per heavy atom. The van der Waals surface area contributed by atoms with Crippen molar-refractivity contribution in [1.82, 2.24) is 14.4 Å². The van der Waals surface area contributed by atoms with Gasteiger partial charge in [0.05, 0.1) is 11.7 Å². The largest absolute Gasteiger partial charge is 0.396 e. The Kier molecular flexibility index (Phi) is 2.43. The van der Waals surface area contributed by atoms with Crippen molar-refractivity contribution >= 4 is 5.78 Å². The molecule has 0 saturated carbocycles. The van der Waals surface area contributed by atoms with Crippen LogP contribution in [-0.4, -0.2) is 26.1 Å². The topological polar surface area (TPSA) is 76.4 Å². The summed E-state index contributed by atoms with van der Waals surface area (Å²) in [4.78, 5) is 8.33. The van der Waals surface area contributed by atoms with Gasteiger partial charge in [0.15, 0.2) is 0 Å². The van der Waals surface area contributed by atoms with Gasteiger partial charge in [-0.1, -0.05) is 0 Å². The minimum absolute atomic E-state index is 0.0719. The first-order valence-electron chi connectivity index (χ1n) is 4.47. The lowest BCUT2D eigenvalue weighted by Crippen LogP contribution is -2.12. The van der Waals surface area contributed by atoms with Gasteiger partial charge < -0.3 is 10.8 Å². The number of nitrogens with two attached hydrogens (primary N) is 1. The van der Waals surface area contributed by atoms with Gasteiger partial charge in [-0.15, -0.1) is 0 Å². The molecule has 3 N–H and O–H groups in total. The van der Waals surface area contributed by atoms with Crippen molar-refractivity contribution in [3.63, 3.8) is 0 Å². The minimum atomic E-state index is -0.221. The molecular formula is C9H12N4O. The number of aromatic nitrogens is 3. The lowest BCUT2D eigenvalue weighted by atomic mass is 10.2. The van der Waals surface area contributed by atoms with Crippen molar-refractivity contribution in [2.45, 2.75) is 12.5 Å². The van der Waals surface area contributed by atoms with Crippen molar-refractivity contribution in [1.29, 1.82) is 0 Å². The molecule has 0 fully saturated rings. The Bertz CT molecular complexity index is 392. The fraction of sp³-hybridized carbons (Fsp3) is 0.333. The summed E-state index contributed by atoms with van der Waals surface area (Å²) in [5, 5.41) is 8.74. The zero-order valence-electron chi connectivity index (χ0n) is 7.67. The van der Waals surface area contributed by atoms with Crippen LogP contribution in [0, 0.1) is 0 Å². The van der Waals surface area contributed by atoms with E-state index in [4.69, 9.17) is 10.8 Å². The van der Waals surface area contributed by atoms with Gasteiger partial charge in [0.25, 0.3) is 0 Å². The van der Waals surface area contributed by atoms with Crippen molar-refractivity contribution in [2.75, 3.05) is 6.61 Å². The van der Waals surface area contributed by atoms with Gasteiger partial charge in [-0.2, -0.15) is 0 Å². The zero-order chi connectivity index (χ0) is 9.97. The van der Waals surface area contributed by atoms with Gasteiger partial charge in [0, 0.05) is 25.2 Å². The summed E-state index contributed by atoms with van der Waals surface area (Å²) in [6, 6.07) is 1.61. The quantitative estimate of drug-likeness (QED) is 0.723. The molecule has 2 heterocycles. The van der Waals surface area contributed by atoms with Crippen LogP contribution in [0.15, 0.2) is 24.7 Å². The van der Waals surface area contributed by atoms with Crippen LogP contribution in [0.5, 0.6) is 0 Å². The van der Waals surface area contributed by atoms with Crippen molar-refractivity contribution in [2.24, 2.45) is 5.73 Å². The smallest absolute Gasteiger partial charge is 0.233 e. The first-order valence-corrected chi connectivity index (χ1v) is 4.47. The van der Waals surface area contributed by atoms with Crippen LogP contribution in [0.25, 0.3) is 5.78 Å². The summed E-state index contributed by atoms with van der Waals surface area (Å²) in [6.07, 6.45) is 5.90. The van der Waals surface area contributed by atoms with Crippen LogP contribution in [-0.2, 0) is 0 Å². The van der Waals surface area contributed by atoms with Crippen LogP contribution >= 0.6 is 0 Å². The predicted octanol–water partition coefficient (Wildman–Crippen LogP) is 0.111. The summed E-state index contributed by atoms with van der Waals surface area (Å²) in [5.74, 6) is 0.635. The van der Waals surface area contributed by atoms with E-state index in [-0.39, 0.29) is 12.6 Å². The van der Waals surface area contributed by atoms with E-state index in [0.29, 0.717) is 12.2 Å². The Morgan fingerprint density at radius 3 is 3.14 bits per heavy atom. The van der Waals surface area contributed by atoms with E-state index in [1.165, 1.54) is 0 Å². The minimum Gasteiger partial charge on any atom is -0.396 e. The number of nitrogens with zero attached hydrogens (tertiary/aromatic N) is 3. The third-order valence-corrected chi connectivity index (χ3v) is 2.07. The summed E-state index contributed by atoms with van der Waals surface area (Å²) in [6.45, 7) is 0.0719. The van der Waals surface area contributed by atoms with Crippen LogP contribution in [0.4, 0.5) is 0 Å². The highest BCUT2D eigenvalue weighted by atomic mass is 16.3. The number of aliphatic hydroxyl groups is 1. The van der Waals surface area contributed by atoms with E-state index in [2.05, 4.69) is 9.97 Å². The maximum atomic E-state index is 8.74. The standard InChI is InChI=1S/C9H12N4O/c10-7(2-5-14)8-6-13-4-1-3-11-9(13)12-8/h1,3-4,6-7,14H,2,5,10H2. The van der Waals surface area contributed by atoms with E-state index in [0.717, 1.165) is 5.69 Å². The van der Waals surface area contributed by atoms with Crippen molar-refractivity contribution in [3.05, 3.63) is 30.4 Å². The maximum Gasteiger partial charge on any atom is 0.233 e. The van der Waals surface area contributed by atoms with Crippen LogP contribution in [0.2, 0.25) is 0 Å². The van der Waals surface area contributed by atoms with Gasteiger partial charge in [0.1, 0.15) is 0 Å². The number of hydrogen-bond donors (Lipinski definition) is 2. The molecule has 2 aromatic rings. The molecule has 0 radical (unpaired) electrons. The van der Waals surface area contributed by atoms with Gasteiger partial charge >= 0.3 is 0 Å². The molecule has 0 spiro atoms. The Hall–Kier alpha value is -1.46. The first kappa shape index (κ1) is 9.11. The van der Waals surface area contributed by atoms with E-state index in [1.807, 2.05) is 22.9 Å². The van der Waals surface area contributed by atoms with Crippen molar-refractivity contribution < 1.29 is 5.11 Å². The highest BCUT2D eigenvalue weighted by Crippen LogP contribution is 2.12. The molecule has 0 aromatic carbocycles. The molecule has 14 heavy (non-hydrogen) atoms. The highest BCUT2D eigenvalue weighted by molar-refractivity contribution is 5.30. The molecule has 5 nitrogen and oxygen atoms in total. The molecule has 0 saturated heterocycles. The van der Waals surface area contributed by atoms with Gasteiger partial charge in [0.2, 0.25) is 5.78 Å². The molecule has 0 bridgehead atoms. The summed E-state index contributed by atoms with van der Waals surface area (Å²) >= 11 is 0. The Labute approximate surface area is 81.2 Å². The maximum absolute atomic E-state index is 8.74. The predicted molar refractivity (Wildman–Crippen MR) is 51.6 cm³/mol. The number of hydrogen-bond acceptors (Lipinski definition) is 4. The fourth-order valence-electron chi connectivity index (χ4n) is 1.31. The second-order valence-electron chi connectivity index (χ2n) is 3.11. The lowest BCUT2D eigenvalue weighted by molar-refractivity contribution is 0.276. The molecular weight excluding hydrogens is 180 g/mol. The molecule has 0 aliphatic heterocycles. The molecule has 74 valence electrons. The third-order valence-electron chi connectivity index (χ3n) is 2.07. The number of rotatable bonds is 3. The van der Waals surface area contributed by atoms with Crippen molar-refractivity contribution in [3.8, 4) is 0 Å². The van der Waals surface area contributed by atoms with Crippen LogP contribution in [0.1, 0.15) is 18.2 Å². The van der Waals surface area contributed by atoms with Crippen LogP contribution in [0.3, 0.4) is 0 Å². The highest BCUT2D eigenvalue weighted by Gasteiger charge is 2.09. The van der Waals surface area contributed by atoms with Crippen LogP contribution < -0.4 is 5.73 Å². The normalized spacial score (nSPS) is 13.3. The molecule has 1 atom stereocenters. The average molecular weight is 192 g/mol. The second kappa shape index (κ2) is 3.73. The average Bonchev–Trinajstić information content (AvgIpc) is 2.61. The zero-order valence-corrected chi connectivity index (χ0v) is 7.67. The molecule has 1 unspecified atom stereocenters. The second-order valence-corrected chi connectivity index (χ2v) is 3.11. The first-order chi connectivity index (χ1) is 6.81. The summed E-state index contributed by atoms with van der Waals surface area (Å²) in [7, 11) is 0. The van der Waals surface area contributed by atoms with Gasteiger partial charge in [-0.3, -0.25) is 4.40 Å². The molecule has 2 rings (SSSR count). The molecule has 0 aliphatic carbocycles. The van der Waals surface area contributed by atoms with Gasteiger partial charge in [-0.05, 0) is 12.5 Å². The molecule has 0 amide bonds. The molecule has 5 heteroatoms. The Morgan fingerprint density at radius 1 is 1.57 bits per heavy atom.